The van der Waals surface area contributed by atoms with Crippen LogP contribution in [-0.2, 0) is 0 Å². The van der Waals surface area contributed by atoms with Crippen molar-refractivity contribution in [2.24, 2.45) is 5.92 Å². The van der Waals surface area contributed by atoms with E-state index in [0.717, 1.165) is 32.6 Å². The van der Waals surface area contributed by atoms with Gasteiger partial charge in [-0.15, -0.1) is 0 Å². The Bertz CT molecular complexity index is 226. The average Bonchev–Trinajstić information content (AvgIpc) is 2.29. The molecule has 4 heteroatoms. The van der Waals surface area contributed by atoms with E-state index in [9.17, 15) is 0 Å². The van der Waals surface area contributed by atoms with E-state index in [1.54, 1.807) is 0 Å². The molecule has 0 aliphatic rings. The molecule has 16 heavy (non-hydrogen) atoms. The van der Waals surface area contributed by atoms with Crippen LogP contribution in [0.4, 0.5) is 0 Å². The molecule has 0 radical (unpaired) electrons. The molecule has 0 aliphatic carbocycles. The van der Waals surface area contributed by atoms with Crippen molar-refractivity contribution in [2.45, 2.75) is 32.6 Å². The first-order valence-corrected chi connectivity index (χ1v) is 5.96. The highest BCUT2D eigenvalue weighted by Gasteiger charge is 2.00. The zero-order valence-electron chi connectivity index (χ0n) is 10.1. The van der Waals surface area contributed by atoms with Gasteiger partial charge in [-0.05, 0) is 31.8 Å². The number of hydrogen-bond donors (Lipinski definition) is 2. The highest BCUT2D eigenvalue weighted by atomic mass is 14.9. The molecule has 0 fully saturated rings. The molecule has 0 heterocycles. The third-order valence-corrected chi connectivity index (χ3v) is 2.37. The van der Waals surface area contributed by atoms with Gasteiger partial charge in [-0.3, -0.25) is 0 Å². The van der Waals surface area contributed by atoms with Gasteiger partial charge in [0.25, 0.3) is 0 Å². The molecule has 2 N–H and O–H groups in total. The lowest BCUT2D eigenvalue weighted by Crippen LogP contribution is -2.23. The minimum Gasteiger partial charge on any atom is -0.316 e. The molecule has 0 rings (SSSR count). The molecular weight excluding hydrogens is 200 g/mol. The van der Waals surface area contributed by atoms with Crippen molar-refractivity contribution >= 4 is 0 Å². The number of rotatable bonds is 10. The van der Waals surface area contributed by atoms with Crippen molar-refractivity contribution < 1.29 is 0 Å². The molecule has 0 aliphatic heterocycles. The van der Waals surface area contributed by atoms with Crippen molar-refractivity contribution in [3.05, 3.63) is 0 Å². The van der Waals surface area contributed by atoms with Gasteiger partial charge in [0.15, 0.2) is 0 Å². The second-order valence-corrected chi connectivity index (χ2v) is 4.02. The van der Waals surface area contributed by atoms with Gasteiger partial charge in [0.05, 0.1) is 12.1 Å². The summed E-state index contributed by atoms with van der Waals surface area (Å²) in [6.45, 7) is 5.78. The van der Waals surface area contributed by atoms with Crippen LogP contribution in [0.15, 0.2) is 0 Å². The molecule has 0 aromatic rings. The van der Waals surface area contributed by atoms with Crippen LogP contribution >= 0.6 is 0 Å². The summed E-state index contributed by atoms with van der Waals surface area (Å²) in [5, 5.41) is 23.2. The highest BCUT2D eigenvalue weighted by Crippen LogP contribution is 2.02. The van der Waals surface area contributed by atoms with Crippen molar-refractivity contribution in [1.82, 2.24) is 10.6 Å². The van der Waals surface area contributed by atoms with Gasteiger partial charge in [-0.1, -0.05) is 6.92 Å². The quantitative estimate of drug-likeness (QED) is 0.548. The van der Waals surface area contributed by atoms with E-state index < -0.39 is 0 Å². The predicted octanol–water partition coefficient (Wildman–Crippen LogP) is 1.41. The SMILES string of the molecule is CC(CCCNCCC#N)CNCCC#N. The van der Waals surface area contributed by atoms with Gasteiger partial charge in [0.1, 0.15) is 0 Å². The second kappa shape index (κ2) is 12.0. The van der Waals surface area contributed by atoms with Crippen LogP contribution in [0, 0.1) is 28.6 Å². The van der Waals surface area contributed by atoms with Crippen LogP contribution in [0.5, 0.6) is 0 Å². The Kier molecular flexibility index (Phi) is 11.1. The van der Waals surface area contributed by atoms with E-state index in [4.69, 9.17) is 10.5 Å². The van der Waals surface area contributed by atoms with E-state index in [1.165, 1.54) is 6.42 Å². The lowest BCUT2D eigenvalue weighted by Gasteiger charge is -2.11. The number of nitrogens with zero attached hydrogens (tertiary/aromatic N) is 2. The predicted molar refractivity (Wildman–Crippen MR) is 64.6 cm³/mol. The molecule has 0 spiro atoms. The molecule has 0 saturated heterocycles. The largest absolute Gasteiger partial charge is 0.316 e. The maximum atomic E-state index is 8.35. The molecule has 90 valence electrons. The van der Waals surface area contributed by atoms with Crippen LogP contribution in [-0.4, -0.2) is 26.2 Å². The minimum atomic E-state index is 0.586. The Labute approximate surface area is 98.6 Å². The van der Waals surface area contributed by atoms with Gasteiger partial charge in [-0.25, -0.2) is 0 Å². The van der Waals surface area contributed by atoms with Gasteiger partial charge in [0, 0.05) is 25.9 Å². The number of hydrogen-bond acceptors (Lipinski definition) is 4. The Balaban J connectivity index is 3.15. The first-order chi connectivity index (χ1) is 7.81. The Morgan fingerprint density at radius 1 is 1.00 bits per heavy atom. The van der Waals surface area contributed by atoms with Crippen molar-refractivity contribution in [3.63, 3.8) is 0 Å². The van der Waals surface area contributed by atoms with Crippen LogP contribution in [0.25, 0.3) is 0 Å². The maximum absolute atomic E-state index is 8.35. The molecule has 0 aromatic heterocycles. The van der Waals surface area contributed by atoms with Crippen LogP contribution in [0.3, 0.4) is 0 Å². The number of nitrogens with one attached hydrogen (secondary N) is 2. The Hall–Kier alpha value is -1.10. The summed E-state index contributed by atoms with van der Waals surface area (Å²) in [6, 6.07) is 4.22. The summed E-state index contributed by atoms with van der Waals surface area (Å²) in [5.41, 5.74) is 0. The van der Waals surface area contributed by atoms with Crippen molar-refractivity contribution in [2.75, 3.05) is 26.2 Å². The zero-order valence-corrected chi connectivity index (χ0v) is 10.1. The van der Waals surface area contributed by atoms with Gasteiger partial charge in [0.2, 0.25) is 0 Å². The van der Waals surface area contributed by atoms with E-state index in [2.05, 4.69) is 29.7 Å². The molecule has 4 nitrogen and oxygen atoms in total. The van der Waals surface area contributed by atoms with E-state index in [-0.39, 0.29) is 0 Å². The third kappa shape index (κ3) is 11.0. The van der Waals surface area contributed by atoms with Crippen molar-refractivity contribution in [1.29, 1.82) is 10.5 Å². The van der Waals surface area contributed by atoms with E-state index in [1.807, 2.05) is 0 Å². The van der Waals surface area contributed by atoms with Crippen LogP contribution < -0.4 is 10.6 Å². The van der Waals surface area contributed by atoms with Crippen molar-refractivity contribution in [3.8, 4) is 12.1 Å². The minimum absolute atomic E-state index is 0.586. The molecule has 0 bridgehead atoms. The zero-order chi connectivity index (χ0) is 12.1. The molecule has 0 amide bonds. The molecule has 0 aromatic carbocycles. The smallest absolute Gasteiger partial charge is 0.0635 e. The van der Waals surface area contributed by atoms with E-state index >= 15 is 0 Å². The van der Waals surface area contributed by atoms with Crippen LogP contribution in [0.1, 0.15) is 32.6 Å². The molecule has 1 unspecified atom stereocenters. The normalized spacial score (nSPS) is 11.7. The fraction of sp³-hybridized carbons (Fsp3) is 0.833. The summed E-state index contributed by atoms with van der Waals surface area (Å²) in [5.74, 6) is 0.649. The Morgan fingerprint density at radius 3 is 2.25 bits per heavy atom. The first kappa shape index (κ1) is 14.9. The second-order valence-electron chi connectivity index (χ2n) is 4.02. The van der Waals surface area contributed by atoms with Gasteiger partial charge >= 0.3 is 0 Å². The standard InChI is InChI=1S/C12H22N4/c1-12(11-16-10-4-7-14)5-2-8-15-9-3-6-13/h12,15-16H,2-5,8-11H2,1H3. The third-order valence-electron chi connectivity index (χ3n) is 2.37. The lowest BCUT2D eigenvalue weighted by atomic mass is 10.1. The molecular formula is C12H22N4. The fourth-order valence-electron chi connectivity index (χ4n) is 1.44. The van der Waals surface area contributed by atoms with Gasteiger partial charge < -0.3 is 10.6 Å². The monoisotopic (exact) mass is 222 g/mol. The summed E-state index contributed by atoms with van der Waals surface area (Å²) in [7, 11) is 0. The summed E-state index contributed by atoms with van der Waals surface area (Å²) >= 11 is 0. The van der Waals surface area contributed by atoms with Crippen LogP contribution in [0.2, 0.25) is 0 Å². The molecule has 0 saturated carbocycles. The topological polar surface area (TPSA) is 71.6 Å². The summed E-state index contributed by atoms with van der Waals surface area (Å²) in [6.07, 6.45) is 3.50. The molecule has 1 atom stereocenters. The lowest BCUT2D eigenvalue weighted by molar-refractivity contribution is 0.461. The summed E-state index contributed by atoms with van der Waals surface area (Å²) < 4.78 is 0. The fourth-order valence-corrected chi connectivity index (χ4v) is 1.44. The summed E-state index contributed by atoms with van der Waals surface area (Å²) in [4.78, 5) is 0. The maximum Gasteiger partial charge on any atom is 0.0635 e. The number of nitriles is 2. The van der Waals surface area contributed by atoms with Gasteiger partial charge in [-0.2, -0.15) is 10.5 Å². The Morgan fingerprint density at radius 2 is 1.62 bits per heavy atom. The average molecular weight is 222 g/mol. The first-order valence-electron chi connectivity index (χ1n) is 5.96. The highest BCUT2D eigenvalue weighted by molar-refractivity contribution is 4.71. The van der Waals surface area contributed by atoms with E-state index in [0.29, 0.717) is 18.8 Å².